The highest BCUT2D eigenvalue weighted by Gasteiger charge is 2.14. The quantitative estimate of drug-likeness (QED) is 0.921. The number of amides is 1. The molecule has 4 nitrogen and oxygen atoms in total. The Bertz CT molecular complexity index is 655. The van der Waals surface area contributed by atoms with Crippen LogP contribution in [0, 0.1) is 0 Å². The zero-order valence-corrected chi connectivity index (χ0v) is 12.5. The number of nitrogens with one attached hydrogen (secondary N) is 1. The fourth-order valence-corrected chi connectivity index (χ4v) is 2.50. The zero-order valence-electron chi connectivity index (χ0n) is 12.5. The molecule has 1 heterocycles. The molecule has 114 valence electrons. The van der Waals surface area contributed by atoms with Crippen molar-refractivity contribution in [2.45, 2.75) is 25.8 Å². The van der Waals surface area contributed by atoms with Crippen molar-refractivity contribution in [2.24, 2.45) is 0 Å². The molecule has 0 fully saturated rings. The Balaban J connectivity index is 1.52. The third kappa shape index (κ3) is 3.39. The van der Waals surface area contributed by atoms with Crippen LogP contribution in [-0.2, 0) is 11.3 Å². The van der Waals surface area contributed by atoms with Crippen LogP contribution in [0.3, 0.4) is 0 Å². The lowest BCUT2D eigenvalue weighted by atomic mass is 9.97. The summed E-state index contributed by atoms with van der Waals surface area (Å²) in [6.45, 7) is 2.83. The van der Waals surface area contributed by atoms with Crippen molar-refractivity contribution < 1.29 is 14.3 Å². The van der Waals surface area contributed by atoms with Gasteiger partial charge in [-0.05, 0) is 29.2 Å². The predicted octanol–water partition coefficient (Wildman–Crippen LogP) is 3.23. The van der Waals surface area contributed by atoms with Crippen molar-refractivity contribution in [1.29, 1.82) is 0 Å². The Kier molecular flexibility index (Phi) is 4.28. The molecule has 0 saturated carbocycles. The molecule has 1 aliphatic heterocycles. The van der Waals surface area contributed by atoms with E-state index in [1.165, 1.54) is 5.56 Å². The number of carbonyl (C=O) groups is 1. The SMILES string of the molecule is CC(CC(=O)NCc1ccc2c(c1)OCO2)c1ccccc1. The van der Waals surface area contributed by atoms with Gasteiger partial charge in [0, 0.05) is 13.0 Å². The lowest BCUT2D eigenvalue weighted by Gasteiger charge is -2.12. The molecule has 1 amide bonds. The Labute approximate surface area is 130 Å². The summed E-state index contributed by atoms with van der Waals surface area (Å²) >= 11 is 0. The van der Waals surface area contributed by atoms with E-state index in [9.17, 15) is 4.79 Å². The second-order valence-corrected chi connectivity index (χ2v) is 5.48. The van der Waals surface area contributed by atoms with Crippen LogP contribution in [0.1, 0.15) is 30.4 Å². The molecule has 0 aliphatic carbocycles. The summed E-state index contributed by atoms with van der Waals surface area (Å²) in [6.07, 6.45) is 0.481. The zero-order chi connectivity index (χ0) is 15.4. The summed E-state index contributed by atoms with van der Waals surface area (Å²) in [4.78, 5) is 12.1. The third-order valence-electron chi connectivity index (χ3n) is 3.79. The molecule has 0 bridgehead atoms. The van der Waals surface area contributed by atoms with Gasteiger partial charge in [-0.1, -0.05) is 43.3 Å². The summed E-state index contributed by atoms with van der Waals surface area (Å²) in [5, 5.41) is 2.96. The van der Waals surface area contributed by atoms with E-state index < -0.39 is 0 Å². The number of hydrogen-bond acceptors (Lipinski definition) is 3. The van der Waals surface area contributed by atoms with E-state index in [2.05, 4.69) is 24.4 Å². The van der Waals surface area contributed by atoms with Crippen LogP contribution in [0.15, 0.2) is 48.5 Å². The second-order valence-electron chi connectivity index (χ2n) is 5.48. The Hall–Kier alpha value is -2.49. The minimum atomic E-state index is 0.0500. The molecule has 0 aromatic heterocycles. The van der Waals surface area contributed by atoms with Gasteiger partial charge >= 0.3 is 0 Å². The van der Waals surface area contributed by atoms with Crippen molar-refractivity contribution in [3.63, 3.8) is 0 Å². The van der Waals surface area contributed by atoms with Gasteiger partial charge in [-0.2, -0.15) is 0 Å². The molecule has 4 heteroatoms. The van der Waals surface area contributed by atoms with E-state index in [1.807, 2.05) is 36.4 Å². The van der Waals surface area contributed by atoms with Crippen LogP contribution >= 0.6 is 0 Å². The maximum absolute atomic E-state index is 12.1. The van der Waals surface area contributed by atoms with Gasteiger partial charge in [0.25, 0.3) is 0 Å². The third-order valence-corrected chi connectivity index (χ3v) is 3.79. The minimum Gasteiger partial charge on any atom is -0.454 e. The van der Waals surface area contributed by atoms with E-state index >= 15 is 0 Å². The standard InChI is InChI=1S/C18H19NO3/c1-13(15-5-3-2-4-6-15)9-18(20)19-11-14-7-8-16-17(10-14)22-12-21-16/h2-8,10,13H,9,11-12H2,1H3,(H,19,20). The summed E-state index contributed by atoms with van der Waals surface area (Å²) in [6, 6.07) is 15.8. The molecule has 2 aromatic rings. The first-order valence-electron chi connectivity index (χ1n) is 7.42. The van der Waals surface area contributed by atoms with Crippen LogP contribution in [0.2, 0.25) is 0 Å². The van der Waals surface area contributed by atoms with E-state index in [0.29, 0.717) is 13.0 Å². The van der Waals surface area contributed by atoms with Crippen LogP contribution in [0.5, 0.6) is 11.5 Å². The molecule has 1 aliphatic rings. The normalized spacial score (nSPS) is 13.7. The molecule has 0 spiro atoms. The number of ether oxygens (including phenoxy) is 2. The van der Waals surface area contributed by atoms with Crippen molar-refractivity contribution in [3.05, 3.63) is 59.7 Å². The largest absolute Gasteiger partial charge is 0.454 e. The van der Waals surface area contributed by atoms with Gasteiger partial charge in [-0.25, -0.2) is 0 Å². The van der Waals surface area contributed by atoms with Crippen molar-refractivity contribution in [1.82, 2.24) is 5.32 Å². The van der Waals surface area contributed by atoms with Crippen LogP contribution < -0.4 is 14.8 Å². The summed E-state index contributed by atoms with van der Waals surface area (Å²) < 4.78 is 10.6. The molecule has 22 heavy (non-hydrogen) atoms. The maximum atomic E-state index is 12.1. The van der Waals surface area contributed by atoms with E-state index in [0.717, 1.165) is 17.1 Å². The number of fused-ring (bicyclic) bond motifs is 1. The van der Waals surface area contributed by atoms with Crippen LogP contribution in [0.25, 0.3) is 0 Å². The van der Waals surface area contributed by atoms with Gasteiger partial charge in [0.2, 0.25) is 12.7 Å². The average Bonchev–Trinajstić information content (AvgIpc) is 3.01. The number of carbonyl (C=O) groups excluding carboxylic acids is 1. The molecule has 2 aromatic carbocycles. The highest BCUT2D eigenvalue weighted by molar-refractivity contribution is 5.76. The lowest BCUT2D eigenvalue weighted by Crippen LogP contribution is -2.24. The minimum absolute atomic E-state index is 0.0500. The number of hydrogen-bond donors (Lipinski definition) is 1. The van der Waals surface area contributed by atoms with Gasteiger partial charge in [0.1, 0.15) is 0 Å². The van der Waals surface area contributed by atoms with E-state index in [-0.39, 0.29) is 18.6 Å². The summed E-state index contributed by atoms with van der Waals surface area (Å²) in [5.74, 6) is 1.75. The van der Waals surface area contributed by atoms with Gasteiger partial charge in [-0.15, -0.1) is 0 Å². The Morgan fingerprint density at radius 1 is 1.14 bits per heavy atom. The first-order chi connectivity index (χ1) is 10.7. The predicted molar refractivity (Wildman–Crippen MR) is 83.9 cm³/mol. The van der Waals surface area contributed by atoms with Crippen LogP contribution in [-0.4, -0.2) is 12.7 Å². The molecule has 0 radical (unpaired) electrons. The average molecular weight is 297 g/mol. The fourth-order valence-electron chi connectivity index (χ4n) is 2.50. The topological polar surface area (TPSA) is 47.6 Å². The second kappa shape index (κ2) is 6.52. The molecule has 0 saturated heterocycles. The summed E-state index contributed by atoms with van der Waals surface area (Å²) in [5.41, 5.74) is 2.19. The first kappa shape index (κ1) is 14.4. The number of benzene rings is 2. The van der Waals surface area contributed by atoms with Crippen molar-refractivity contribution in [3.8, 4) is 11.5 Å². The Morgan fingerprint density at radius 2 is 1.91 bits per heavy atom. The maximum Gasteiger partial charge on any atom is 0.231 e. The van der Waals surface area contributed by atoms with E-state index in [4.69, 9.17) is 9.47 Å². The van der Waals surface area contributed by atoms with Gasteiger partial charge in [-0.3, -0.25) is 4.79 Å². The Morgan fingerprint density at radius 3 is 2.73 bits per heavy atom. The highest BCUT2D eigenvalue weighted by Crippen LogP contribution is 2.32. The first-order valence-corrected chi connectivity index (χ1v) is 7.42. The van der Waals surface area contributed by atoms with Gasteiger partial charge < -0.3 is 14.8 Å². The van der Waals surface area contributed by atoms with Crippen molar-refractivity contribution >= 4 is 5.91 Å². The van der Waals surface area contributed by atoms with Gasteiger partial charge in [0.05, 0.1) is 0 Å². The van der Waals surface area contributed by atoms with Crippen LogP contribution in [0.4, 0.5) is 0 Å². The highest BCUT2D eigenvalue weighted by atomic mass is 16.7. The smallest absolute Gasteiger partial charge is 0.231 e. The molecule has 1 atom stereocenters. The van der Waals surface area contributed by atoms with Crippen molar-refractivity contribution in [2.75, 3.05) is 6.79 Å². The fraction of sp³-hybridized carbons (Fsp3) is 0.278. The molecule has 1 N–H and O–H groups in total. The lowest BCUT2D eigenvalue weighted by molar-refractivity contribution is -0.121. The van der Waals surface area contributed by atoms with E-state index in [1.54, 1.807) is 0 Å². The number of rotatable bonds is 5. The van der Waals surface area contributed by atoms with Gasteiger partial charge in [0.15, 0.2) is 11.5 Å². The monoisotopic (exact) mass is 297 g/mol. The molecule has 3 rings (SSSR count). The molecular formula is C18H19NO3. The molecule has 1 unspecified atom stereocenters. The summed E-state index contributed by atoms with van der Waals surface area (Å²) in [7, 11) is 0. The molecular weight excluding hydrogens is 278 g/mol.